The number of anilines is 1. The van der Waals surface area contributed by atoms with Gasteiger partial charge in [-0.15, -0.1) is 0 Å². The number of ether oxygens (including phenoxy) is 1. The Balaban J connectivity index is 1.45. The molecular weight excluding hydrogens is 460 g/mol. The Morgan fingerprint density at radius 2 is 1.92 bits per heavy atom. The van der Waals surface area contributed by atoms with Crippen LogP contribution in [0.1, 0.15) is 61.3 Å². The van der Waals surface area contributed by atoms with Crippen LogP contribution in [0.25, 0.3) is 0 Å². The van der Waals surface area contributed by atoms with Crippen LogP contribution >= 0.6 is 0 Å². The summed E-state index contributed by atoms with van der Waals surface area (Å²) in [6.45, 7) is 2.73. The van der Waals surface area contributed by atoms with E-state index in [9.17, 15) is 19.2 Å². The Hall–Kier alpha value is -3.88. The van der Waals surface area contributed by atoms with Gasteiger partial charge in [-0.3, -0.25) is 14.9 Å². The van der Waals surface area contributed by atoms with Crippen LogP contribution in [0.15, 0.2) is 48.5 Å². The summed E-state index contributed by atoms with van der Waals surface area (Å²) in [6.07, 6.45) is 1.77. The number of nitrogens with one attached hydrogen (secondary N) is 3. The van der Waals surface area contributed by atoms with E-state index in [1.807, 2.05) is 42.2 Å². The van der Waals surface area contributed by atoms with Crippen LogP contribution in [-0.2, 0) is 19.9 Å². The van der Waals surface area contributed by atoms with Crippen LogP contribution in [0.4, 0.5) is 15.3 Å². The third kappa shape index (κ3) is 4.41. The van der Waals surface area contributed by atoms with Crippen LogP contribution in [-0.4, -0.2) is 42.4 Å². The fraction of sp³-hybridized carbons (Fsp3) is 0.407. The summed E-state index contributed by atoms with van der Waals surface area (Å²) in [6, 6.07) is 14.6. The molecule has 2 fully saturated rings. The number of rotatable bonds is 7. The van der Waals surface area contributed by atoms with Gasteiger partial charge in [0.25, 0.3) is 5.91 Å². The third-order valence-electron chi connectivity index (χ3n) is 7.44. The number of carbonyl (C=O) groups is 4. The highest BCUT2D eigenvalue weighted by Gasteiger charge is 2.57. The lowest BCUT2D eigenvalue weighted by molar-refractivity contribution is -0.136. The van der Waals surface area contributed by atoms with Crippen LogP contribution in [0, 0.1) is 5.92 Å². The second-order valence-electron chi connectivity index (χ2n) is 9.86. The molecule has 5 amide bonds. The molecule has 1 saturated heterocycles. The minimum Gasteiger partial charge on any atom is -0.427 e. The zero-order valence-electron chi connectivity index (χ0n) is 20.4. The predicted molar refractivity (Wildman–Crippen MR) is 132 cm³/mol. The van der Waals surface area contributed by atoms with Crippen LogP contribution in [0.3, 0.4) is 0 Å². The third-order valence-corrected chi connectivity index (χ3v) is 7.44. The Labute approximate surface area is 209 Å². The van der Waals surface area contributed by atoms with Crippen molar-refractivity contribution in [3.8, 4) is 0 Å². The Morgan fingerprint density at radius 3 is 2.56 bits per heavy atom. The van der Waals surface area contributed by atoms with E-state index < -0.39 is 17.6 Å². The number of benzene rings is 2. The Kier molecular flexibility index (Phi) is 6.15. The van der Waals surface area contributed by atoms with E-state index in [-0.39, 0.29) is 36.7 Å². The molecule has 3 N–H and O–H groups in total. The lowest BCUT2D eigenvalue weighted by atomic mass is 9.93. The number of imide groups is 1. The molecule has 3 aliphatic rings. The summed E-state index contributed by atoms with van der Waals surface area (Å²) in [7, 11) is 1.52. The molecule has 3 atom stereocenters. The van der Waals surface area contributed by atoms with E-state index >= 15 is 0 Å². The summed E-state index contributed by atoms with van der Waals surface area (Å²) in [5.41, 5.74) is 1.41. The summed E-state index contributed by atoms with van der Waals surface area (Å²) in [5, 5.41) is 7.49. The van der Waals surface area contributed by atoms with Crippen molar-refractivity contribution in [2.75, 3.05) is 18.9 Å². The molecule has 1 heterocycles. The first-order valence-corrected chi connectivity index (χ1v) is 12.3. The number of hydrogen-bond acceptors (Lipinski definition) is 5. The van der Waals surface area contributed by atoms with Crippen LogP contribution in [0.2, 0.25) is 0 Å². The number of fused-ring (bicyclic) bond motifs is 2. The van der Waals surface area contributed by atoms with Gasteiger partial charge in [0.05, 0.1) is 6.04 Å². The minimum atomic E-state index is -1.46. The van der Waals surface area contributed by atoms with Gasteiger partial charge < -0.3 is 20.3 Å². The van der Waals surface area contributed by atoms with Gasteiger partial charge in [0.2, 0.25) is 11.5 Å². The van der Waals surface area contributed by atoms with Crippen molar-refractivity contribution in [3.63, 3.8) is 0 Å². The van der Waals surface area contributed by atoms with Gasteiger partial charge in [-0.05, 0) is 54.9 Å². The predicted octanol–water partition coefficient (Wildman–Crippen LogP) is 3.78. The quantitative estimate of drug-likeness (QED) is 0.546. The minimum absolute atomic E-state index is 0.0133. The number of amides is 5. The van der Waals surface area contributed by atoms with Gasteiger partial charge in [-0.2, -0.15) is 0 Å². The Bertz CT molecular complexity index is 1210. The number of nitrogens with zero attached hydrogens (tertiary/aromatic N) is 1. The fourth-order valence-electron chi connectivity index (χ4n) is 5.32. The van der Waals surface area contributed by atoms with E-state index in [4.69, 9.17) is 4.74 Å². The molecule has 1 aliphatic heterocycles. The van der Waals surface area contributed by atoms with E-state index in [0.29, 0.717) is 23.7 Å². The molecule has 1 spiro atoms. The molecule has 0 bridgehead atoms. The number of urea groups is 1. The molecule has 1 saturated carbocycles. The molecule has 2 aromatic carbocycles. The van der Waals surface area contributed by atoms with Gasteiger partial charge >= 0.3 is 12.1 Å². The SMILES string of the molecule is CNC(=O)Nc1ccc2c(c1)C(CC(=O)N(CC1CC1)C(C)c1ccccc1)C[C@@]21OC(=O)NC1=O. The monoisotopic (exact) mass is 490 g/mol. The molecule has 5 rings (SSSR count). The standard InChI is InChI=1S/C27H30N4O5/c1-16(18-6-4-3-5-7-18)31(15-17-8-9-17)23(32)12-19-14-27(24(33)30-26(35)36-27)22-11-10-20(13-21(19)22)29-25(34)28-2/h3-7,10-11,13,16-17,19H,8-9,12,14-15H2,1-2H3,(H2,28,29,34)(H,30,33,35)/t16?,19?,27-/m1/s1. The first-order chi connectivity index (χ1) is 17.3. The largest absolute Gasteiger partial charge is 0.427 e. The first kappa shape index (κ1) is 23.8. The van der Waals surface area contributed by atoms with E-state index in [1.54, 1.807) is 18.2 Å². The van der Waals surface area contributed by atoms with Crippen molar-refractivity contribution in [2.45, 2.75) is 50.2 Å². The molecule has 2 aromatic rings. The van der Waals surface area contributed by atoms with Crippen LogP contribution < -0.4 is 16.0 Å². The molecule has 0 radical (unpaired) electrons. The highest BCUT2D eigenvalue weighted by molar-refractivity contribution is 6.04. The van der Waals surface area contributed by atoms with E-state index in [0.717, 1.165) is 24.0 Å². The fourth-order valence-corrected chi connectivity index (χ4v) is 5.32. The summed E-state index contributed by atoms with van der Waals surface area (Å²) >= 11 is 0. The lowest BCUT2D eigenvalue weighted by Gasteiger charge is -2.31. The van der Waals surface area contributed by atoms with Crippen molar-refractivity contribution < 1.29 is 23.9 Å². The van der Waals surface area contributed by atoms with E-state index in [1.165, 1.54) is 7.05 Å². The van der Waals surface area contributed by atoms with E-state index in [2.05, 4.69) is 16.0 Å². The molecule has 0 aromatic heterocycles. The number of alkyl carbamates (subject to hydrolysis) is 1. The van der Waals surface area contributed by atoms with Crippen molar-refractivity contribution in [1.82, 2.24) is 15.5 Å². The summed E-state index contributed by atoms with van der Waals surface area (Å²) in [5.74, 6) is -0.392. The maximum Gasteiger partial charge on any atom is 0.415 e. The van der Waals surface area contributed by atoms with Crippen molar-refractivity contribution in [3.05, 3.63) is 65.2 Å². The zero-order valence-corrected chi connectivity index (χ0v) is 20.4. The molecule has 2 aliphatic carbocycles. The Morgan fingerprint density at radius 1 is 1.17 bits per heavy atom. The van der Waals surface area contributed by atoms with Crippen molar-refractivity contribution >= 4 is 29.6 Å². The van der Waals surface area contributed by atoms with Crippen molar-refractivity contribution in [1.29, 1.82) is 0 Å². The summed E-state index contributed by atoms with van der Waals surface area (Å²) < 4.78 is 5.53. The normalized spacial score (nSPS) is 23.0. The average Bonchev–Trinajstić information content (AvgIpc) is 3.59. The maximum atomic E-state index is 13.8. The molecule has 9 nitrogen and oxygen atoms in total. The van der Waals surface area contributed by atoms with Crippen molar-refractivity contribution in [2.24, 2.45) is 5.92 Å². The molecule has 36 heavy (non-hydrogen) atoms. The maximum absolute atomic E-state index is 13.8. The molecule has 9 heteroatoms. The lowest BCUT2D eigenvalue weighted by Crippen LogP contribution is -2.37. The first-order valence-electron chi connectivity index (χ1n) is 12.3. The highest BCUT2D eigenvalue weighted by Crippen LogP contribution is 2.51. The van der Waals surface area contributed by atoms with Gasteiger partial charge in [0.1, 0.15) is 0 Å². The second-order valence-corrected chi connectivity index (χ2v) is 9.86. The summed E-state index contributed by atoms with van der Waals surface area (Å²) in [4.78, 5) is 52.4. The van der Waals surface area contributed by atoms with Gasteiger partial charge in [0, 0.05) is 37.7 Å². The number of hydrogen-bond donors (Lipinski definition) is 3. The van der Waals surface area contributed by atoms with Crippen LogP contribution in [0.5, 0.6) is 0 Å². The highest BCUT2D eigenvalue weighted by atomic mass is 16.6. The second kappa shape index (κ2) is 9.29. The van der Waals surface area contributed by atoms with Gasteiger partial charge in [-0.1, -0.05) is 36.4 Å². The van der Waals surface area contributed by atoms with Gasteiger partial charge in [-0.25, -0.2) is 9.59 Å². The average molecular weight is 491 g/mol. The molecular formula is C27H30N4O5. The topological polar surface area (TPSA) is 117 Å². The number of carbonyl (C=O) groups excluding carboxylic acids is 4. The van der Waals surface area contributed by atoms with Gasteiger partial charge in [0.15, 0.2) is 0 Å². The zero-order chi connectivity index (χ0) is 25.4. The molecule has 188 valence electrons. The smallest absolute Gasteiger partial charge is 0.415 e. The molecule has 2 unspecified atom stereocenters.